The van der Waals surface area contributed by atoms with Crippen LogP contribution in [0, 0.1) is 9.49 Å². The molecule has 13 nitrogen and oxygen atoms in total. The van der Waals surface area contributed by atoms with E-state index in [1.54, 1.807) is 44.8 Å². The molecule has 3 heterocycles. The van der Waals surface area contributed by atoms with Gasteiger partial charge < -0.3 is 40.2 Å². The van der Waals surface area contributed by atoms with Crippen molar-refractivity contribution in [3.05, 3.63) is 45.1 Å². The maximum Gasteiger partial charge on any atom is 0.407 e. The third-order valence-corrected chi connectivity index (χ3v) is 14.7. The molecular weight excluding hydrogens is 859 g/mol. The standard InChI is InChI=1S/C39H55IN4O9S2/c1-22-11-9-10-15-38(5)21-29(51-37(50)42-38)24(3)35-39(6,53-35)30(20-33(48)44(8)27-18-26(17-22)19-28(45)34(27)40)52-36(49)25(4)43(7)32(47)14-16-54-55-23(2)12-13-31(41)46/h9-11,18-19,23-25,29-30,35,45H,12-17,20-21H2,1-8H3,(H2,41,46)(H,42,50)/b10-9+,22-11+/t23?,24-,25+,29?,30+,35?,38+,39?/m1/s1. The van der Waals surface area contributed by atoms with Crippen LogP contribution in [0.25, 0.3) is 0 Å². The van der Waals surface area contributed by atoms with E-state index >= 15 is 0 Å². The Morgan fingerprint density at radius 3 is 2.62 bits per heavy atom. The number of primary amides is 1. The Morgan fingerprint density at radius 2 is 1.93 bits per heavy atom. The second kappa shape index (κ2) is 19.0. The van der Waals surface area contributed by atoms with Gasteiger partial charge in [0.05, 0.1) is 21.8 Å². The molecule has 2 fully saturated rings. The van der Waals surface area contributed by atoms with Gasteiger partial charge in [-0.25, -0.2) is 9.59 Å². The third-order valence-electron chi connectivity index (χ3n) is 10.7. The van der Waals surface area contributed by atoms with Gasteiger partial charge in [-0.3, -0.25) is 14.4 Å². The molecule has 0 saturated carbocycles. The lowest BCUT2D eigenvalue weighted by Crippen LogP contribution is -2.56. The average Bonchev–Trinajstić information content (AvgIpc) is 3.82. The van der Waals surface area contributed by atoms with Gasteiger partial charge in [-0.15, -0.1) is 0 Å². The Morgan fingerprint density at radius 1 is 1.22 bits per heavy atom. The molecule has 0 aliphatic carbocycles. The van der Waals surface area contributed by atoms with E-state index in [-0.39, 0.29) is 47.5 Å². The number of allylic oxidation sites excluding steroid dienone is 3. The molecule has 4 bridgehead atoms. The number of nitrogens with two attached hydrogens (primary N) is 1. The van der Waals surface area contributed by atoms with Crippen molar-refractivity contribution >= 4 is 79.7 Å². The molecule has 2 saturated heterocycles. The van der Waals surface area contributed by atoms with Gasteiger partial charge >= 0.3 is 12.1 Å². The number of likely N-dealkylation sites (N-methyl/N-ethyl adjacent to an activating group) is 1. The van der Waals surface area contributed by atoms with Crippen LogP contribution in [0.2, 0.25) is 0 Å². The van der Waals surface area contributed by atoms with Crippen LogP contribution in [-0.2, 0) is 39.8 Å². The lowest BCUT2D eigenvalue weighted by molar-refractivity contribution is -0.161. The second-order valence-corrected chi connectivity index (χ2v) is 19.4. The van der Waals surface area contributed by atoms with Crippen molar-refractivity contribution in [3.8, 4) is 5.75 Å². The average molecular weight is 915 g/mol. The minimum absolute atomic E-state index is 0.0448. The summed E-state index contributed by atoms with van der Waals surface area (Å²) in [7, 11) is 6.26. The van der Waals surface area contributed by atoms with E-state index in [1.165, 1.54) is 20.6 Å². The molecule has 1 aromatic rings. The lowest BCUT2D eigenvalue weighted by Gasteiger charge is -2.40. The van der Waals surface area contributed by atoms with Crippen LogP contribution in [0.4, 0.5) is 10.5 Å². The number of alkyl carbamates (subject to hydrolysis) is 1. The van der Waals surface area contributed by atoms with Crippen LogP contribution in [0.15, 0.2) is 35.9 Å². The summed E-state index contributed by atoms with van der Waals surface area (Å²) < 4.78 is 18.7. The number of carbonyl (C=O) groups excluding carboxylic acids is 5. The van der Waals surface area contributed by atoms with Crippen molar-refractivity contribution in [2.24, 2.45) is 11.7 Å². The van der Waals surface area contributed by atoms with Gasteiger partial charge in [0.2, 0.25) is 17.7 Å². The first-order chi connectivity index (χ1) is 25.7. The predicted molar refractivity (Wildman–Crippen MR) is 224 cm³/mol. The fourth-order valence-corrected chi connectivity index (χ4v) is 9.90. The molecular formula is C39H55IN4O9S2. The number of halogens is 1. The largest absolute Gasteiger partial charge is 0.507 e. The zero-order chi connectivity index (χ0) is 40.8. The zero-order valence-corrected chi connectivity index (χ0v) is 36.7. The van der Waals surface area contributed by atoms with Gasteiger partial charge in [0.15, 0.2) is 0 Å². The van der Waals surface area contributed by atoms with Gasteiger partial charge in [0.25, 0.3) is 0 Å². The Bertz CT molecular complexity index is 1690. The van der Waals surface area contributed by atoms with Crippen LogP contribution < -0.4 is 16.0 Å². The highest BCUT2D eigenvalue weighted by Gasteiger charge is 2.64. The maximum absolute atomic E-state index is 14.1. The highest BCUT2D eigenvalue weighted by atomic mass is 127. The van der Waals surface area contributed by atoms with Crippen LogP contribution >= 0.6 is 44.2 Å². The molecule has 16 heteroatoms. The van der Waals surface area contributed by atoms with E-state index in [0.29, 0.717) is 47.1 Å². The number of fused-ring (bicyclic) bond motifs is 5. The van der Waals surface area contributed by atoms with E-state index in [2.05, 4.69) is 5.32 Å². The Hall–Kier alpha value is -2.96. The van der Waals surface area contributed by atoms with Gasteiger partial charge in [-0.05, 0) is 87.2 Å². The number of nitrogens with one attached hydrogen (secondary N) is 1. The van der Waals surface area contributed by atoms with E-state index in [0.717, 1.165) is 11.1 Å². The summed E-state index contributed by atoms with van der Waals surface area (Å²) in [4.78, 5) is 67.7. The number of benzene rings is 1. The number of epoxide rings is 1. The van der Waals surface area contributed by atoms with Crippen molar-refractivity contribution in [2.75, 3.05) is 24.7 Å². The molecule has 3 aliphatic heterocycles. The quantitative estimate of drug-likeness (QED) is 0.0776. The first-order valence-corrected chi connectivity index (χ1v) is 22.0. The van der Waals surface area contributed by atoms with Crippen LogP contribution in [0.5, 0.6) is 5.75 Å². The molecule has 4 N–H and O–H groups in total. The second-order valence-electron chi connectivity index (χ2n) is 15.4. The fraction of sp³-hybridized carbons (Fsp3) is 0.615. The molecule has 8 atom stereocenters. The number of carbonyl (C=O) groups is 5. The SMILES string of the molecule is C/C1=C\C=C\C[C@@]2(C)CC(OC(=O)N2)[C@@H](C)C2OC2(C)[C@@H](OC(=O)[C@H](C)N(C)C(=O)CCSSC(C)CCC(N)=O)CC(=O)N(C)c2cc(cc(O)c2I)C1. The Labute approximate surface area is 345 Å². The molecule has 0 radical (unpaired) electrons. The van der Waals surface area contributed by atoms with Gasteiger partial charge in [0.1, 0.15) is 29.6 Å². The molecule has 1 aromatic carbocycles. The van der Waals surface area contributed by atoms with E-state index in [4.69, 9.17) is 19.9 Å². The summed E-state index contributed by atoms with van der Waals surface area (Å²) in [5.74, 6) is -1.42. The number of rotatable bonds is 11. The Balaban J connectivity index is 1.57. The number of phenolic OH excluding ortho intramolecular Hbond substituents is 1. The summed E-state index contributed by atoms with van der Waals surface area (Å²) in [5, 5.41) is 14.0. The van der Waals surface area contributed by atoms with Crippen molar-refractivity contribution in [1.29, 1.82) is 0 Å². The van der Waals surface area contributed by atoms with Crippen LogP contribution in [0.1, 0.15) is 85.6 Å². The normalized spacial score (nSPS) is 29.7. The van der Waals surface area contributed by atoms with Gasteiger partial charge in [-0.2, -0.15) is 0 Å². The summed E-state index contributed by atoms with van der Waals surface area (Å²) in [5.41, 5.74) is 5.89. The molecule has 0 spiro atoms. The smallest absolute Gasteiger partial charge is 0.407 e. The molecule has 3 aliphatic rings. The molecule has 0 aromatic heterocycles. The van der Waals surface area contributed by atoms with E-state index in [1.807, 2.05) is 74.6 Å². The van der Waals surface area contributed by atoms with Crippen LogP contribution in [0.3, 0.4) is 0 Å². The van der Waals surface area contributed by atoms with E-state index in [9.17, 15) is 29.1 Å². The molecule has 55 heavy (non-hydrogen) atoms. The number of aromatic hydroxyl groups is 1. The van der Waals surface area contributed by atoms with Crippen molar-refractivity contribution in [1.82, 2.24) is 10.2 Å². The summed E-state index contributed by atoms with van der Waals surface area (Å²) in [6.45, 7) is 11.3. The molecule has 4 unspecified atom stereocenters. The highest BCUT2D eigenvalue weighted by Crippen LogP contribution is 2.49. The number of esters is 1. The topological polar surface area (TPSA) is 181 Å². The Kier molecular flexibility index (Phi) is 15.5. The number of nitrogens with zero attached hydrogens (tertiary/aromatic N) is 2. The molecule has 304 valence electrons. The molecule has 4 rings (SSSR count). The first kappa shape index (κ1) is 44.8. The third kappa shape index (κ3) is 11.8. The highest BCUT2D eigenvalue weighted by molar-refractivity contribution is 14.1. The minimum atomic E-state index is -1.11. The monoisotopic (exact) mass is 914 g/mol. The number of ether oxygens (including phenoxy) is 3. The number of hydrogen-bond donors (Lipinski definition) is 3. The summed E-state index contributed by atoms with van der Waals surface area (Å²) >= 11 is 2.01. The number of anilines is 1. The lowest BCUT2D eigenvalue weighted by atomic mass is 9.81. The number of amides is 4. The predicted octanol–water partition coefficient (Wildman–Crippen LogP) is 6.03. The van der Waals surface area contributed by atoms with E-state index < -0.39 is 47.6 Å². The maximum atomic E-state index is 14.1. The van der Waals surface area contributed by atoms with Crippen molar-refractivity contribution < 1.29 is 43.3 Å². The first-order valence-electron chi connectivity index (χ1n) is 18.5. The zero-order valence-electron chi connectivity index (χ0n) is 32.9. The summed E-state index contributed by atoms with van der Waals surface area (Å²) in [6, 6.07) is 2.59. The van der Waals surface area contributed by atoms with Gasteiger partial charge in [0, 0.05) is 55.8 Å². The fourth-order valence-electron chi connectivity index (χ4n) is 6.91. The number of hydrogen-bond acceptors (Lipinski definition) is 11. The van der Waals surface area contributed by atoms with Crippen LogP contribution in [-0.4, -0.2) is 100 Å². The minimum Gasteiger partial charge on any atom is -0.507 e. The molecule has 4 amide bonds. The summed E-state index contributed by atoms with van der Waals surface area (Å²) in [6.07, 6.45) is 5.83. The number of phenols is 1. The van der Waals surface area contributed by atoms with Gasteiger partial charge in [-0.1, -0.05) is 59.2 Å². The van der Waals surface area contributed by atoms with Crippen molar-refractivity contribution in [3.63, 3.8) is 0 Å². The van der Waals surface area contributed by atoms with Crippen molar-refractivity contribution in [2.45, 2.75) is 127 Å².